The summed E-state index contributed by atoms with van der Waals surface area (Å²) in [6.07, 6.45) is 0.438. The molecule has 120 valence electrons. The van der Waals surface area contributed by atoms with Crippen LogP contribution < -0.4 is 4.74 Å². The Bertz CT molecular complexity index is 603. The fraction of sp³-hybridized carbons (Fsp3) is 0.467. The Balaban J connectivity index is 2.08. The Morgan fingerprint density at radius 3 is 2.91 bits per heavy atom. The minimum atomic E-state index is -0.175. The summed E-state index contributed by atoms with van der Waals surface area (Å²) in [5, 5.41) is 14.0. The van der Waals surface area contributed by atoms with Gasteiger partial charge in [-0.1, -0.05) is 17.7 Å². The van der Waals surface area contributed by atoms with Crippen LogP contribution in [0.1, 0.15) is 31.1 Å². The molecule has 2 rings (SSSR count). The number of hydrogen-bond donors (Lipinski definition) is 1. The first-order chi connectivity index (χ1) is 10.6. The third kappa shape index (κ3) is 4.43. The summed E-state index contributed by atoms with van der Waals surface area (Å²) in [7, 11) is 1.62. The molecule has 0 fully saturated rings. The van der Waals surface area contributed by atoms with Gasteiger partial charge >= 0.3 is 0 Å². The molecule has 0 aliphatic rings. The van der Waals surface area contributed by atoms with E-state index < -0.39 is 0 Å². The Morgan fingerprint density at radius 1 is 1.41 bits per heavy atom. The lowest BCUT2D eigenvalue weighted by atomic mass is 10.3. The molecular formula is C15H20ClN3O3. The lowest BCUT2D eigenvalue weighted by Crippen LogP contribution is -2.11. The molecule has 1 N–H and O–H groups in total. The molecule has 7 heteroatoms. The van der Waals surface area contributed by atoms with Gasteiger partial charge in [-0.25, -0.2) is 9.67 Å². The number of aromatic nitrogens is 3. The van der Waals surface area contributed by atoms with Gasteiger partial charge in [0.2, 0.25) is 0 Å². The van der Waals surface area contributed by atoms with E-state index in [0.29, 0.717) is 29.6 Å². The van der Waals surface area contributed by atoms with Crippen molar-refractivity contribution in [2.45, 2.75) is 32.6 Å². The third-order valence-corrected chi connectivity index (χ3v) is 3.39. The maximum atomic E-state index is 8.97. The van der Waals surface area contributed by atoms with Gasteiger partial charge in [0, 0.05) is 25.3 Å². The SMILES string of the molecule is CO[C@H](C)c1nc(COc2cccc(Cl)c2)nn1CCCO. The molecule has 0 aliphatic heterocycles. The van der Waals surface area contributed by atoms with Crippen LogP contribution in [0.25, 0.3) is 0 Å². The molecule has 1 atom stereocenters. The monoisotopic (exact) mass is 325 g/mol. The van der Waals surface area contributed by atoms with Crippen molar-refractivity contribution >= 4 is 11.6 Å². The minimum Gasteiger partial charge on any atom is -0.485 e. The van der Waals surface area contributed by atoms with Crippen molar-refractivity contribution in [2.75, 3.05) is 13.7 Å². The van der Waals surface area contributed by atoms with E-state index in [0.717, 1.165) is 5.82 Å². The highest BCUT2D eigenvalue weighted by molar-refractivity contribution is 6.30. The summed E-state index contributed by atoms with van der Waals surface area (Å²) in [6, 6.07) is 7.17. The Hall–Kier alpha value is -1.63. The summed E-state index contributed by atoms with van der Waals surface area (Å²) in [5.41, 5.74) is 0. The van der Waals surface area contributed by atoms with Gasteiger partial charge in [-0.15, -0.1) is 0 Å². The number of aliphatic hydroxyl groups excluding tert-OH is 1. The zero-order valence-electron chi connectivity index (χ0n) is 12.7. The maximum absolute atomic E-state index is 8.97. The zero-order chi connectivity index (χ0) is 15.9. The molecule has 0 aliphatic carbocycles. The molecule has 0 saturated heterocycles. The normalized spacial score (nSPS) is 12.4. The molecule has 0 spiro atoms. The number of methoxy groups -OCH3 is 1. The average molecular weight is 326 g/mol. The zero-order valence-corrected chi connectivity index (χ0v) is 13.5. The fourth-order valence-electron chi connectivity index (χ4n) is 1.96. The first kappa shape index (κ1) is 16.7. The van der Waals surface area contributed by atoms with Gasteiger partial charge in [-0.2, -0.15) is 5.10 Å². The minimum absolute atomic E-state index is 0.106. The van der Waals surface area contributed by atoms with Crippen LogP contribution in [0.2, 0.25) is 5.02 Å². The van der Waals surface area contributed by atoms with E-state index >= 15 is 0 Å². The topological polar surface area (TPSA) is 69.4 Å². The van der Waals surface area contributed by atoms with E-state index in [-0.39, 0.29) is 19.3 Å². The fourth-order valence-corrected chi connectivity index (χ4v) is 2.14. The van der Waals surface area contributed by atoms with E-state index in [1.807, 2.05) is 19.1 Å². The predicted molar refractivity (Wildman–Crippen MR) is 82.9 cm³/mol. The van der Waals surface area contributed by atoms with Crippen molar-refractivity contribution in [3.8, 4) is 5.75 Å². The summed E-state index contributed by atoms with van der Waals surface area (Å²) >= 11 is 5.92. The highest BCUT2D eigenvalue weighted by Gasteiger charge is 2.16. The van der Waals surface area contributed by atoms with Gasteiger partial charge in [0.1, 0.15) is 18.5 Å². The van der Waals surface area contributed by atoms with Gasteiger partial charge in [0.05, 0.1) is 0 Å². The summed E-state index contributed by atoms with van der Waals surface area (Å²) in [4.78, 5) is 4.46. The first-order valence-electron chi connectivity index (χ1n) is 7.09. The van der Waals surface area contributed by atoms with Gasteiger partial charge in [0.15, 0.2) is 11.6 Å². The van der Waals surface area contributed by atoms with Crippen LogP contribution in [0, 0.1) is 0 Å². The molecule has 0 radical (unpaired) electrons. The standard InChI is InChI=1S/C15H20ClN3O3/c1-11(21-2)15-17-14(18-19(15)7-4-8-20)10-22-13-6-3-5-12(16)9-13/h3,5-6,9,11,20H,4,7-8,10H2,1-2H3/t11-/m1/s1. The van der Waals surface area contributed by atoms with E-state index in [9.17, 15) is 0 Å². The van der Waals surface area contributed by atoms with Gasteiger partial charge in [-0.3, -0.25) is 0 Å². The number of ether oxygens (including phenoxy) is 2. The van der Waals surface area contributed by atoms with Crippen LogP contribution >= 0.6 is 11.6 Å². The second-order valence-corrected chi connectivity index (χ2v) is 5.25. The highest BCUT2D eigenvalue weighted by atomic mass is 35.5. The Morgan fingerprint density at radius 2 is 2.23 bits per heavy atom. The van der Waals surface area contributed by atoms with Crippen molar-refractivity contribution in [3.05, 3.63) is 40.9 Å². The number of aliphatic hydroxyl groups is 1. The number of nitrogens with zero attached hydrogens (tertiary/aromatic N) is 3. The predicted octanol–water partition coefficient (Wildman–Crippen LogP) is 2.60. The molecule has 22 heavy (non-hydrogen) atoms. The van der Waals surface area contributed by atoms with Crippen molar-refractivity contribution in [1.82, 2.24) is 14.8 Å². The van der Waals surface area contributed by atoms with Gasteiger partial charge in [-0.05, 0) is 31.5 Å². The molecule has 2 aromatic rings. The molecule has 6 nitrogen and oxygen atoms in total. The molecule has 0 amide bonds. The van der Waals surface area contributed by atoms with E-state index in [2.05, 4.69) is 10.1 Å². The number of rotatable bonds is 8. The quantitative estimate of drug-likeness (QED) is 0.808. The van der Waals surface area contributed by atoms with Crippen molar-refractivity contribution < 1.29 is 14.6 Å². The number of aryl methyl sites for hydroxylation is 1. The summed E-state index contributed by atoms with van der Waals surface area (Å²) in [5.74, 6) is 1.96. The first-order valence-corrected chi connectivity index (χ1v) is 7.47. The molecule has 1 aromatic carbocycles. The lowest BCUT2D eigenvalue weighted by molar-refractivity contribution is 0.107. The Labute approximate surface area is 134 Å². The van der Waals surface area contributed by atoms with Crippen LogP contribution in [-0.2, 0) is 17.9 Å². The number of benzene rings is 1. The van der Waals surface area contributed by atoms with Gasteiger partial charge < -0.3 is 14.6 Å². The van der Waals surface area contributed by atoms with Crippen LogP contribution in [0.4, 0.5) is 0 Å². The lowest BCUT2D eigenvalue weighted by Gasteiger charge is -2.09. The highest BCUT2D eigenvalue weighted by Crippen LogP contribution is 2.19. The molecular weight excluding hydrogens is 306 g/mol. The number of hydrogen-bond acceptors (Lipinski definition) is 5. The molecule has 0 bridgehead atoms. The van der Waals surface area contributed by atoms with Gasteiger partial charge in [0.25, 0.3) is 0 Å². The number of halogens is 1. The van der Waals surface area contributed by atoms with Crippen molar-refractivity contribution in [3.63, 3.8) is 0 Å². The Kier molecular flexibility index (Phi) is 6.18. The third-order valence-electron chi connectivity index (χ3n) is 3.15. The summed E-state index contributed by atoms with van der Waals surface area (Å²) < 4.78 is 12.7. The second-order valence-electron chi connectivity index (χ2n) is 4.81. The van der Waals surface area contributed by atoms with Crippen LogP contribution in [0.5, 0.6) is 5.75 Å². The van der Waals surface area contributed by atoms with E-state index in [1.54, 1.807) is 23.9 Å². The molecule has 1 aromatic heterocycles. The molecule has 0 unspecified atom stereocenters. The van der Waals surface area contributed by atoms with Crippen LogP contribution in [0.3, 0.4) is 0 Å². The van der Waals surface area contributed by atoms with Crippen molar-refractivity contribution in [1.29, 1.82) is 0 Å². The van der Waals surface area contributed by atoms with Crippen LogP contribution in [-0.4, -0.2) is 33.6 Å². The van der Waals surface area contributed by atoms with E-state index in [4.69, 9.17) is 26.2 Å². The largest absolute Gasteiger partial charge is 0.485 e. The molecule has 1 heterocycles. The maximum Gasteiger partial charge on any atom is 0.188 e. The average Bonchev–Trinajstić information content (AvgIpc) is 2.93. The van der Waals surface area contributed by atoms with Crippen LogP contribution in [0.15, 0.2) is 24.3 Å². The smallest absolute Gasteiger partial charge is 0.188 e. The second kappa shape index (κ2) is 8.12. The van der Waals surface area contributed by atoms with Crippen molar-refractivity contribution in [2.24, 2.45) is 0 Å². The van der Waals surface area contributed by atoms with E-state index in [1.165, 1.54) is 0 Å². The summed E-state index contributed by atoms with van der Waals surface area (Å²) in [6.45, 7) is 2.84. The molecule has 0 saturated carbocycles.